The predicted octanol–water partition coefficient (Wildman–Crippen LogP) is 4.99. The summed E-state index contributed by atoms with van der Waals surface area (Å²) in [6.45, 7) is 15.3. The minimum atomic E-state index is -1.33. The average molecular weight is 730 g/mol. The average Bonchev–Trinajstić information content (AvgIpc) is 3.80. The molecule has 0 unspecified atom stereocenters. The lowest BCUT2D eigenvalue weighted by molar-refractivity contribution is -0.163. The second kappa shape index (κ2) is 17.2. The zero-order valence-corrected chi connectivity index (χ0v) is 31.7. The van der Waals surface area contributed by atoms with Crippen LogP contribution in [-0.2, 0) is 33.4 Å². The number of aryl methyl sites for hydroxylation is 2. The molecule has 0 radical (unpaired) electrons. The summed E-state index contributed by atoms with van der Waals surface area (Å²) in [7, 11) is 1.51. The highest BCUT2D eigenvalue weighted by Crippen LogP contribution is 2.60. The number of hydrogen-bond acceptors (Lipinski definition) is 8. The van der Waals surface area contributed by atoms with Gasteiger partial charge in [0.25, 0.3) is 5.91 Å². The van der Waals surface area contributed by atoms with E-state index in [0.717, 1.165) is 16.8 Å². The predicted molar refractivity (Wildman–Crippen MR) is 202 cm³/mol. The maximum absolute atomic E-state index is 15.2. The summed E-state index contributed by atoms with van der Waals surface area (Å²) in [6.07, 6.45) is 3.84. The Balaban J connectivity index is 1.57. The van der Waals surface area contributed by atoms with Crippen LogP contribution >= 0.6 is 0 Å². The number of rotatable bonds is 18. The molecule has 3 saturated heterocycles. The molecule has 0 aliphatic carbocycles. The fourth-order valence-corrected chi connectivity index (χ4v) is 8.73. The summed E-state index contributed by atoms with van der Waals surface area (Å²) in [6, 6.07) is 12.4. The molecule has 286 valence electrons. The highest BCUT2D eigenvalue weighted by atomic mass is 16.6. The normalized spacial score (nSPS) is 25.2. The molecule has 3 fully saturated rings. The number of anilines is 1. The number of hydrogen-bond donors (Lipinski definition) is 2. The van der Waals surface area contributed by atoms with Gasteiger partial charge in [0.15, 0.2) is 0 Å². The molecule has 0 aromatic heterocycles. The van der Waals surface area contributed by atoms with E-state index in [1.807, 2.05) is 76.2 Å². The zero-order chi connectivity index (χ0) is 38.4. The third-order valence-corrected chi connectivity index (χ3v) is 11.4. The van der Waals surface area contributed by atoms with Crippen LogP contribution in [0.5, 0.6) is 0 Å². The van der Waals surface area contributed by atoms with Crippen molar-refractivity contribution in [2.75, 3.05) is 31.8 Å². The van der Waals surface area contributed by atoms with Crippen molar-refractivity contribution in [1.82, 2.24) is 10.2 Å². The van der Waals surface area contributed by atoms with Gasteiger partial charge in [0.05, 0.1) is 43.2 Å². The van der Waals surface area contributed by atoms with Crippen molar-refractivity contribution in [3.05, 3.63) is 90.5 Å². The van der Waals surface area contributed by atoms with Gasteiger partial charge in [0, 0.05) is 25.8 Å². The van der Waals surface area contributed by atoms with E-state index in [2.05, 4.69) is 18.5 Å². The Morgan fingerprint density at radius 3 is 2.42 bits per heavy atom. The Kier molecular flexibility index (Phi) is 13.0. The number of fused-ring (bicyclic) bond motifs is 1. The van der Waals surface area contributed by atoms with Crippen molar-refractivity contribution in [1.29, 1.82) is 0 Å². The quantitative estimate of drug-likeness (QED) is 0.162. The fourth-order valence-electron chi connectivity index (χ4n) is 8.73. The molecule has 53 heavy (non-hydrogen) atoms. The van der Waals surface area contributed by atoms with Gasteiger partial charge in [-0.2, -0.15) is 0 Å². The maximum Gasteiger partial charge on any atom is 0.313 e. The second-order valence-electron chi connectivity index (χ2n) is 14.6. The second-order valence-corrected chi connectivity index (χ2v) is 14.6. The van der Waals surface area contributed by atoms with Crippen LogP contribution in [0.2, 0.25) is 0 Å². The third-order valence-electron chi connectivity index (χ3n) is 11.4. The molecule has 2 aromatic carbocycles. The van der Waals surface area contributed by atoms with Crippen molar-refractivity contribution in [2.24, 2.45) is 17.8 Å². The van der Waals surface area contributed by atoms with Gasteiger partial charge in [-0.25, -0.2) is 0 Å². The number of nitrogens with zero attached hydrogens (tertiary/aromatic N) is 2. The van der Waals surface area contributed by atoms with E-state index < -0.39 is 59.6 Å². The van der Waals surface area contributed by atoms with Gasteiger partial charge in [-0.3, -0.25) is 19.2 Å². The molecule has 2 bridgehead atoms. The largest absolute Gasteiger partial charge is 0.455 e. The van der Waals surface area contributed by atoms with Crippen molar-refractivity contribution in [2.45, 2.75) is 95.7 Å². The summed E-state index contributed by atoms with van der Waals surface area (Å²) < 4.78 is 18.6. The fraction of sp³-hybridized carbons (Fsp3) is 0.524. The van der Waals surface area contributed by atoms with E-state index in [4.69, 9.17) is 14.2 Å². The van der Waals surface area contributed by atoms with Crippen LogP contribution in [0.4, 0.5) is 5.69 Å². The number of esters is 1. The zero-order valence-electron chi connectivity index (χ0n) is 31.7. The standard InChI is InChI=1S/C42H55N3O8/c1-8-11-20-33(47)43-30(25-51-7)37(29-18-13-12-14-19-29)52-41(50)34-32-21-22-42(53-32)35(34)39(48)45(31(24-46)26(4)10-3)38(42)40(49)44(23-9-2)36-27(5)16-15-17-28(36)6/h8-9,12-19,26,30-32,34-35,37-38,46H,1-2,10-11,20-25H2,3-7H3,(H,43,47)/t26-,30+,31-,32-,34+,35+,37+,38-,42+/m0/s1. The molecule has 1 spiro atoms. The van der Waals surface area contributed by atoms with Crippen molar-refractivity contribution < 1.29 is 38.5 Å². The van der Waals surface area contributed by atoms with Crippen LogP contribution in [0.15, 0.2) is 73.8 Å². The van der Waals surface area contributed by atoms with Crippen molar-refractivity contribution in [3.63, 3.8) is 0 Å². The molecule has 0 saturated carbocycles. The molecule has 11 heteroatoms. The van der Waals surface area contributed by atoms with E-state index in [1.165, 1.54) is 12.0 Å². The van der Waals surface area contributed by atoms with Crippen LogP contribution in [0, 0.1) is 31.6 Å². The van der Waals surface area contributed by atoms with Crippen LogP contribution < -0.4 is 10.2 Å². The number of amides is 3. The lowest BCUT2D eigenvalue weighted by Gasteiger charge is -2.41. The molecule has 2 N–H and O–H groups in total. The molecule has 3 amide bonds. The van der Waals surface area contributed by atoms with Crippen molar-refractivity contribution in [3.8, 4) is 0 Å². The Morgan fingerprint density at radius 1 is 1.11 bits per heavy atom. The highest BCUT2D eigenvalue weighted by molar-refractivity contribution is 6.05. The molecule has 5 rings (SSSR count). The van der Waals surface area contributed by atoms with E-state index in [1.54, 1.807) is 17.1 Å². The first kappa shape index (κ1) is 39.9. The topological polar surface area (TPSA) is 135 Å². The number of methoxy groups -OCH3 is 1. The first-order chi connectivity index (χ1) is 25.5. The molecule has 2 aromatic rings. The molecule has 3 aliphatic heterocycles. The summed E-state index contributed by atoms with van der Waals surface area (Å²) in [5, 5.41) is 13.8. The molecular formula is C42H55N3O8. The third kappa shape index (κ3) is 7.57. The molecule has 11 nitrogen and oxygen atoms in total. The minimum absolute atomic E-state index is 0.0540. The van der Waals surface area contributed by atoms with Gasteiger partial charge in [-0.15, -0.1) is 13.2 Å². The molecular weight excluding hydrogens is 674 g/mol. The van der Waals surface area contributed by atoms with Gasteiger partial charge in [0.2, 0.25) is 11.8 Å². The monoisotopic (exact) mass is 729 g/mol. The highest BCUT2D eigenvalue weighted by Gasteiger charge is 2.76. The number of ether oxygens (including phenoxy) is 3. The number of carbonyl (C=O) groups is 4. The smallest absolute Gasteiger partial charge is 0.313 e. The number of para-hydroxylation sites is 1. The Morgan fingerprint density at radius 2 is 1.81 bits per heavy atom. The van der Waals surface area contributed by atoms with Crippen LogP contribution in [0.3, 0.4) is 0 Å². The number of aliphatic hydroxyl groups excluding tert-OH is 1. The van der Waals surface area contributed by atoms with E-state index in [0.29, 0.717) is 31.2 Å². The summed E-state index contributed by atoms with van der Waals surface area (Å²) >= 11 is 0. The minimum Gasteiger partial charge on any atom is -0.455 e. The number of benzene rings is 2. The Hall–Kier alpha value is -4.32. The Labute approximate surface area is 313 Å². The number of aliphatic hydroxyl groups is 1. The van der Waals surface area contributed by atoms with Crippen LogP contribution in [0.1, 0.15) is 68.7 Å². The first-order valence-corrected chi connectivity index (χ1v) is 18.7. The lowest BCUT2D eigenvalue weighted by atomic mass is 9.70. The molecule has 3 aliphatic rings. The van der Waals surface area contributed by atoms with Gasteiger partial charge >= 0.3 is 5.97 Å². The number of allylic oxidation sites excluding steroid dienone is 1. The SMILES string of the molecule is C=CCCC(=O)N[C@H](COC)[C@H](OC(=O)[C@@H]1[C@@H]2CC[C@]3(O2)[C@H](C(=O)N(CC=C)c2c(C)cccc2C)N([C@@H](CO)[C@@H](C)CC)C(=O)[C@@H]13)c1ccccc1. The number of nitrogens with one attached hydrogen (secondary N) is 1. The summed E-state index contributed by atoms with van der Waals surface area (Å²) in [5.41, 5.74) is 1.81. The van der Waals surface area contributed by atoms with E-state index >= 15 is 4.79 Å². The van der Waals surface area contributed by atoms with Gasteiger partial charge < -0.3 is 34.4 Å². The molecule has 3 heterocycles. The van der Waals surface area contributed by atoms with Gasteiger partial charge in [0.1, 0.15) is 17.7 Å². The lowest BCUT2D eigenvalue weighted by Crippen LogP contribution is -2.60. The summed E-state index contributed by atoms with van der Waals surface area (Å²) in [5.74, 6) is -3.86. The number of likely N-dealkylation sites (tertiary alicyclic amines) is 1. The van der Waals surface area contributed by atoms with Gasteiger partial charge in [-0.05, 0) is 55.7 Å². The van der Waals surface area contributed by atoms with Crippen LogP contribution in [0.25, 0.3) is 0 Å². The van der Waals surface area contributed by atoms with Crippen molar-refractivity contribution >= 4 is 29.4 Å². The Bertz CT molecular complexity index is 1640. The maximum atomic E-state index is 15.2. The molecule has 9 atom stereocenters. The summed E-state index contributed by atoms with van der Waals surface area (Å²) in [4.78, 5) is 60.9. The number of carbonyl (C=O) groups excluding carboxylic acids is 4. The van der Waals surface area contributed by atoms with E-state index in [9.17, 15) is 19.5 Å². The van der Waals surface area contributed by atoms with Crippen LogP contribution in [-0.4, -0.2) is 90.4 Å². The first-order valence-electron chi connectivity index (χ1n) is 18.7. The van der Waals surface area contributed by atoms with E-state index in [-0.39, 0.29) is 43.9 Å². The van der Waals surface area contributed by atoms with Gasteiger partial charge in [-0.1, -0.05) is 81.0 Å².